The van der Waals surface area contributed by atoms with Crippen molar-refractivity contribution in [1.82, 2.24) is 14.8 Å². The van der Waals surface area contributed by atoms with Gasteiger partial charge in [0.1, 0.15) is 12.1 Å². The Morgan fingerprint density at radius 1 is 0.903 bits per heavy atom. The number of rotatable bonds is 4. The van der Waals surface area contributed by atoms with Gasteiger partial charge >= 0.3 is 0 Å². The van der Waals surface area contributed by atoms with E-state index in [1.165, 1.54) is 6.33 Å². The van der Waals surface area contributed by atoms with Gasteiger partial charge in [-0.15, -0.1) is 0 Å². The number of hydrogen-bond acceptors (Lipinski definition) is 4. The Morgan fingerprint density at radius 2 is 1.58 bits per heavy atom. The third-order valence-electron chi connectivity index (χ3n) is 5.74. The number of amides is 1. The van der Waals surface area contributed by atoms with Gasteiger partial charge in [0.05, 0.1) is 19.2 Å². The number of anilines is 1. The van der Waals surface area contributed by atoms with Gasteiger partial charge in [-0.1, -0.05) is 66.7 Å². The standard InChI is InChI=1S/C25H22N4O2/c1-31-23-15-9-8-14-20(23)22-16-21(18-10-4-2-5-11-18)28(25-26-17-27-29(22)25)24(30)19-12-6-3-7-13-19/h2-15,17,21-22H,16H2,1H3/t21-,22+/m1/s1. The molecule has 3 aromatic carbocycles. The van der Waals surface area contributed by atoms with Crippen LogP contribution in [0.1, 0.15) is 40.0 Å². The summed E-state index contributed by atoms with van der Waals surface area (Å²) < 4.78 is 7.46. The van der Waals surface area contributed by atoms with E-state index in [1.807, 2.05) is 77.5 Å². The van der Waals surface area contributed by atoms with Crippen LogP contribution in [0.3, 0.4) is 0 Å². The lowest BCUT2D eigenvalue weighted by molar-refractivity contribution is 0.0963. The van der Waals surface area contributed by atoms with Crippen molar-refractivity contribution in [3.63, 3.8) is 0 Å². The molecule has 2 heterocycles. The molecule has 1 amide bonds. The monoisotopic (exact) mass is 410 g/mol. The molecule has 0 aliphatic carbocycles. The SMILES string of the molecule is COc1ccccc1[C@@H]1C[C@H](c2ccccc2)N(C(=O)c2ccccc2)c2ncnn21. The number of hydrogen-bond donors (Lipinski definition) is 0. The second-order valence-corrected chi connectivity index (χ2v) is 7.47. The van der Waals surface area contributed by atoms with Gasteiger partial charge in [0, 0.05) is 11.1 Å². The highest BCUT2D eigenvalue weighted by atomic mass is 16.5. The molecular weight excluding hydrogens is 388 g/mol. The smallest absolute Gasteiger partial charge is 0.261 e. The third kappa shape index (κ3) is 3.36. The summed E-state index contributed by atoms with van der Waals surface area (Å²) in [6.45, 7) is 0. The molecule has 154 valence electrons. The number of para-hydroxylation sites is 1. The second-order valence-electron chi connectivity index (χ2n) is 7.47. The van der Waals surface area contributed by atoms with Crippen LogP contribution in [0.2, 0.25) is 0 Å². The van der Waals surface area contributed by atoms with Crippen LogP contribution < -0.4 is 9.64 Å². The predicted octanol–water partition coefficient (Wildman–Crippen LogP) is 4.67. The molecule has 2 atom stereocenters. The number of ether oxygens (including phenoxy) is 1. The number of methoxy groups -OCH3 is 1. The van der Waals surface area contributed by atoms with E-state index in [-0.39, 0.29) is 18.0 Å². The quantitative estimate of drug-likeness (QED) is 0.491. The number of benzene rings is 3. The molecular formula is C25H22N4O2. The summed E-state index contributed by atoms with van der Waals surface area (Å²) in [4.78, 5) is 19.9. The van der Waals surface area contributed by atoms with Gasteiger partial charge in [0.25, 0.3) is 5.91 Å². The molecule has 0 fully saturated rings. The maximum atomic E-state index is 13.6. The zero-order valence-corrected chi connectivity index (χ0v) is 17.1. The van der Waals surface area contributed by atoms with E-state index >= 15 is 0 Å². The predicted molar refractivity (Wildman–Crippen MR) is 118 cm³/mol. The van der Waals surface area contributed by atoms with Crippen LogP contribution in [0.5, 0.6) is 5.75 Å². The molecule has 0 saturated heterocycles. The average Bonchev–Trinajstić information content (AvgIpc) is 3.33. The van der Waals surface area contributed by atoms with Crippen LogP contribution >= 0.6 is 0 Å². The van der Waals surface area contributed by atoms with E-state index < -0.39 is 0 Å². The van der Waals surface area contributed by atoms with Gasteiger partial charge < -0.3 is 4.74 Å². The van der Waals surface area contributed by atoms with Crippen molar-refractivity contribution in [3.8, 4) is 5.75 Å². The lowest BCUT2D eigenvalue weighted by Gasteiger charge is -2.39. The summed E-state index contributed by atoms with van der Waals surface area (Å²) in [5.41, 5.74) is 2.69. The summed E-state index contributed by atoms with van der Waals surface area (Å²) in [6.07, 6.45) is 2.16. The van der Waals surface area contributed by atoms with E-state index in [0.29, 0.717) is 17.9 Å². The zero-order valence-electron chi connectivity index (χ0n) is 17.1. The highest BCUT2D eigenvalue weighted by molar-refractivity contribution is 6.05. The van der Waals surface area contributed by atoms with E-state index in [9.17, 15) is 4.79 Å². The van der Waals surface area contributed by atoms with Crippen molar-refractivity contribution in [1.29, 1.82) is 0 Å². The first-order valence-corrected chi connectivity index (χ1v) is 10.2. The van der Waals surface area contributed by atoms with Gasteiger partial charge in [0.15, 0.2) is 0 Å². The van der Waals surface area contributed by atoms with Crippen molar-refractivity contribution >= 4 is 11.9 Å². The molecule has 5 rings (SSSR count). The molecule has 0 unspecified atom stereocenters. The molecule has 0 saturated carbocycles. The molecule has 0 radical (unpaired) electrons. The first-order valence-electron chi connectivity index (χ1n) is 10.2. The number of fused-ring (bicyclic) bond motifs is 1. The Kier molecular flexibility index (Phi) is 4.96. The number of carbonyl (C=O) groups is 1. The van der Waals surface area contributed by atoms with E-state index in [1.54, 1.807) is 12.0 Å². The fourth-order valence-corrected chi connectivity index (χ4v) is 4.31. The lowest BCUT2D eigenvalue weighted by atomic mass is 9.91. The minimum Gasteiger partial charge on any atom is -0.496 e. The molecule has 4 aromatic rings. The van der Waals surface area contributed by atoms with Gasteiger partial charge in [-0.05, 0) is 30.2 Å². The van der Waals surface area contributed by atoms with Crippen LogP contribution in [-0.2, 0) is 0 Å². The Labute approximate surface area is 180 Å². The first-order chi connectivity index (χ1) is 15.3. The van der Waals surface area contributed by atoms with Crippen LogP contribution in [0.15, 0.2) is 91.3 Å². The Bertz CT molecular complexity index is 1190. The summed E-state index contributed by atoms with van der Waals surface area (Å²) in [7, 11) is 1.67. The van der Waals surface area contributed by atoms with Crippen LogP contribution in [0, 0.1) is 0 Å². The molecule has 0 spiro atoms. The minimum absolute atomic E-state index is 0.0952. The molecule has 1 aliphatic heterocycles. The zero-order chi connectivity index (χ0) is 21.2. The van der Waals surface area contributed by atoms with Gasteiger partial charge in [-0.25, -0.2) is 4.68 Å². The summed E-state index contributed by atoms with van der Waals surface area (Å²) in [6, 6.07) is 27.0. The second kappa shape index (κ2) is 8.07. The van der Waals surface area contributed by atoms with Crippen molar-refractivity contribution in [3.05, 3.63) is 108 Å². The van der Waals surface area contributed by atoms with Crippen LogP contribution in [0.4, 0.5) is 5.95 Å². The maximum absolute atomic E-state index is 13.6. The fourth-order valence-electron chi connectivity index (χ4n) is 4.31. The van der Waals surface area contributed by atoms with Gasteiger partial charge in [-0.2, -0.15) is 10.1 Å². The molecule has 1 aliphatic rings. The van der Waals surface area contributed by atoms with Crippen molar-refractivity contribution < 1.29 is 9.53 Å². The number of carbonyl (C=O) groups excluding carboxylic acids is 1. The maximum Gasteiger partial charge on any atom is 0.261 e. The lowest BCUT2D eigenvalue weighted by Crippen LogP contribution is -2.42. The van der Waals surface area contributed by atoms with Crippen LogP contribution in [0.25, 0.3) is 0 Å². The van der Waals surface area contributed by atoms with Crippen molar-refractivity contribution in [2.24, 2.45) is 0 Å². The molecule has 1 aromatic heterocycles. The molecule has 0 N–H and O–H groups in total. The highest BCUT2D eigenvalue weighted by Crippen LogP contribution is 2.44. The largest absolute Gasteiger partial charge is 0.496 e. The van der Waals surface area contributed by atoms with Crippen molar-refractivity contribution in [2.45, 2.75) is 18.5 Å². The summed E-state index contributed by atoms with van der Waals surface area (Å²) >= 11 is 0. The van der Waals surface area contributed by atoms with E-state index in [2.05, 4.69) is 22.2 Å². The number of nitrogens with zero attached hydrogens (tertiary/aromatic N) is 4. The van der Waals surface area contributed by atoms with Crippen molar-refractivity contribution in [2.75, 3.05) is 12.0 Å². The highest BCUT2D eigenvalue weighted by Gasteiger charge is 2.40. The summed E-state index contributed by atoms with van der Waals surface area (Å²) in [5.74, 6) is 1.23. The molecule has 6 nitrogen and oxygen atoms in total. The van der Waals surface area contributed by atoms with Gasteiger partial charge in [0.2, 0.25) is 5.95 Å². The number of aromatic nitrogens is 3. The third-order valence-corrected chi connectivity index (χ3v) is 5.74. The fraction of sp³-hybridized carbons (Fsp3) is 0.160. The van der Waals surface area contributed by atoms with Gasteiger partial charge in [-0.3, -0.25) is 9.69 Å². The summed E-state index contributed by atoms with van der Waals surface area (Å²) in [5, 5.41) is 4.50. The average molecular weight is 410 g/mol. The van der Waals surface area contributed by atoms with E-state index in [4.69, 9.17) is 4.74 Å². The molecule has 0 bridgehead atoms. The minimum atomic E-state index is -0.194. The van der Waals surface area contributed by atoms with Crippen LogP contribution in [-0.4, -0.2) is 27.8 Å². The van der Waals surface area contributed by atoms with E-state index in [0.717, 1.165) is 16.9 Å². The Morgan fingerprint density at radius 3 is 2.32 bits per heavy atom. The topological polar surface area (TPSA) is 60.2 Å². The normalized spacial score (nSPS) is 17.8. The first kappa shape index (κ1) is 19.1. The Balaban J connectivity index is 1.67. The molecule has 6 heteroatoms. The Hall–Kier alpha value is -3.93. The molecule has 31 heavy (non-hydrogen) atoms.